The van der Waals surface area contributed by atoms with Crippen LogP contribution in [0.5, 0.6) is 5.75 Å². The second kappa shape index (κ2) is 17.2. The molecule has 61 heavy (non-hydrogen) atoms. The summed E-state index contributed by atoms with van der Waals surface area (Å²) in [5.74, 6) is 1.54. The van der Waals surface area contributed by atoms with Gasteiger partial charge in [0.1, 0.15) is 36.1 Å². The maximum atomic E-state index is 14.2. The molecule has 4 aliphatic rings. The maximum absolute atomic E-state index is 14.2. The number of nitrogens with one attached hydrogen (secondary N) is 4. The van der Waals surface area contributed by atoms with Crippen molar-refractivity contribution >= 4 is 24.0 Å². The van der Waals surface area contributed by atoms with Crippen molar-refractivity contribution in [3.8, 4) is 39.4 Å². The molecular formula is C45H56N8O8. The van der Waals surface area contributed by atoms with Gasteiger partial charge in [-0.25, -0.2) is 19.6 Å². The van der Waals surface area contributed by atoms with E-state index in [4.69, 9.17) is 28.9 Å². The highest BCUT2D eigenvalue weighted by Crippen LogP contribution is 2.49. The van der Waals surface area contributed by atoms with E-state index in [1.54, 1.807) is 11.1 Å². The van der Waals surface area contributed by atoms with Crippen LogP contribution in [-0.2, 0) is 30.4 Å². The summed E-state index contributed by atoms with van der Waals surface area (Å²) in [6.45, 7) is 10.3. The van der Waals surface area contributed by atoms with Gasteiger partial charge in [0.25, 0.3) is 0 Å². The number of carbonyl (C=O) groups is 4. The van der Waals surface area contributed by atoms with Crippen molar-refractivity contribution in [1.29, 1.82) is 0 Å². The van der Waals surface area contributed by atoms with E-state index >= 15 is 0 Å². The summed E-state index contributed by atoms with van der Waals surface area (Å²) < 4.78 is 21.9. The lowest BCUT2D eigenvalue weighted by atomic mass is 9.80. The van der Waals surface area contributed by atoms with Gasteiger partial charge >= 0.3 is 12.2 Å². The number of hydrogen-bond donors (Lipinski definition) is 4. The van der Waals surface area contributed by atoms with Gasteiger partial charge in [0, 0.05) is 30.7 Å². The number of ether oxygens (including phenoxy) is 4. The Morgan fingerprint density at radius 3 is 2.16 bits per heavy atom. The minimum atomic E-state index is -0.755. The van der Waals surface area contributed by atoms with Crippen molar-refractivity contribution in [2.45, 2.75) is 90.6 Å². The number of likely N-dealkylation sites (tertiary alicyclic amines) is 2. The van der Waals surface area contributed by atoms with Gasteiger partial charge in [-0.2, -0.15) is 0 Å². The number of aromatic nitrogens is 4. The number of alkyl carbamates (subject to hydrolysis) is 2. The van der Waals surface area contributed by atoms with Crippen LogP contribution in [0.25, 0.3) is 33.6 Å². The fraction of sp³-hybridized carbons (Fsp3) is 0.511. The number of carbonyl (C=O) groups excluding carboxylic acids is 4. The number of rotatable bonds is 10. The van der Waals surface area contributed by atoms with E-state index < -0.39 is 24.3 Å². The molecule has 16 nitrogen and oxygen atoms in total. The molecule has 8 rings (SSSR count). The Kier molecular flexibility index (Phi) is 11.8. The number of nitrogens with zero attached hydrogens (tertiary/aromatic N) is 4. The number of aromatic amines is 2. The lowest BCUT2D eigenvalue weighted by Crippen LogP contribution is -2.51. The third-order valence-electron chi connectivity index (χ3n) is 12.7. The minimum Gasteiger partial charge on any atom is -0.487 e. The summed E-state index contributed by atoms with van der Waals surface area (Å²) in [7, 11) is 2.58. The summed E-state index contributed by atoms with van der Waals surface area (Å²) in [6, 6.07) is 12.3. The first-order valence-corrected chi connectivity index (χ1v) is 21.3. The van der Waals surface area contributed by atoms with Crippen molar-refractivity contribution in [2.75, 3.05) is 40.5 Å². The molecule has 6 heterocycles. The third kappa shape index (κ3) is 8.29. The fourth-order valence-corrected chi connectivity index (χ4v) is 9.38. The van der Waals surface area contributed by atoms with Crippen LogP contribution in [0.15, 0.2) is 48.7 Å². The normalized spacial score (nSPS) is 21.8. The molecule has 3 fully saturated rings. The number of amides is 4. The zero-order chi connectivity index (χ0) is 43.0. The van der Waals surface area contributed by atoms with Crippen LogP contribution in [0.3, 0.4) is 0 Å². The van der Waals surface area contributed by atoms with Gasteiger partial charge in [0.05, 0.1) is 56.2 Å². The average molecular weight is 837 g/mol. The average Bonchev–Trinajstić information content (AvgIpc) is 4.10. The quantitative estimate of drug-likeness (QED) is 0.137. The van der Waals surface area contributed by atoms with Crippen LogP contribution in [0.4, 0.5) is 9.59 Å². The first-order chi connectivity index (χ1) is 29.4. The van der Waals surface area contributed by atoms with Gasteiger partial charge in [-0.15, -0.1) is 0 Å². The van der Waals surface area contributed by atoms with E-state index in [1.807, 2.05) is 56.9 Å². The van der Waals surface area contributed by atoms with Gasteiger partial charge in [-0.05, 0) is 72.8 Å². The minimum absolute atomic E-state index is 0.115. The van der Waals surface area contributed by atoms with Crippen LogP contribution in [-0.4, -0.2) is 106 Å². The molecule has 4 N–H and O–H groups in total. The van der Waals surface area contributed by atoms with Crippen LogP contribution in [0, 0.1) is 17.3 Å². The zero-order valence-electron chi connectivity index (χ0n) is 35.7. The van der Waals surface area contributed by atoms with E-state index in [2.05, 4.69) is 38.8 Å². The molecule has 4 aromatic rings. The van der Waals surface area contributed by atoms with E-state index in [1.165, 1.54) is 14.2 Å². The van der Waals surface area contributed by atoms with Gasteiger partial charge in [-0.3, -0.25) is 9.59 Å². The third-order valence-corrected chi connectivity index (χ3v) is 12.7. The topological polar surface area (TPSA) is 193 Å². The molecule has 0 unspecified atom stereocenters. The second-order valence-electron chi connectivity index (χ2n) is 17.5. The summed E-state index contributed by atoms with van der Waals surface area (Å²) in [5.41, 5.74) is 6.11. The van der Waals surface area contributed by atoms with Gasteiger partial charge < -0.3 is 49.3 Å². The van der Waals surface area contributed by atoms with E-state index in [0.717, 1.165) is 70.8 Å². The number of hydrogen-bond acceptors (Lipinski definition) is 10. The van der Waals surface area contributed by atoms with Crippen molar-refractivity contribution in [1.82, 2.24) is 40.4 Å². The van der Waals surface area contributed by atoms with Crippen molar-refractivity contribution in [3.63, 3.8) is 0 Å². The highest BCUT2D eigenvalue weighted by Gasteiger charge is 2.50. The lowest BCUT2D eigenvalue weighted by molar-refractivity contribution is -0.136. The molecule has 0 aliphatic carbocycles. The first-order valence-electron chi connectivity index (χ1n) is 21.3. The molecule has 4 aliphatic heterocycles. The molecule has 0 radical (unpaired) electrons. The monoisotopic (exact) mass is 836 g/mol. The zero-order valence-corrected chi connectivity index (χ0v) is 35.7. The molecule has 3 saturated heterocycles. The summed E-state index contributed by atoms with van der Waals surface area (Å²) in [4.78, 5) is 72.6. The molecule has 324 valence electrons. The number of fused-ring (bicyclic) bond motifs is 3. The van der Waals surface area contributed by atoms with Gasteiger partial charge in [0.2, 0.25) is 11.8 Å². The number of H-pyrrole nitrogens is 2. The SMILES string of the molecule is COC(=O)N[C@H](C(=O)N1CCC[C@H]1c1ncc(-c2ccc(-c3ccc4c(c3)OCc3[nH]c([C@@H]5C[C@@]6(CCCOC6)CN5C(=O)[C@@H](NC(=O)OC)C(C)C)nc3-4)cc2)[nH]1)C(C)C. The number of benzene rings is 2. The summed E-state index contributed by atoms with van der Waals surface area (Å²) in [5, 5.41) is 5.46. The first kappa shape index (κ1) is 41.8. The lowest BCUT2D eigenvalue weighted by Gasteiger charge is -2.33. The Bertz CT molecular complexity index is 2260. The Morgan fingerprint density at radius 1 is 0.836 bits per heavy atom. The number of imidazole rings is 2. The summed E-state index contributed by atoms with van der Waals surface area (Å²) >= 11 is 0. The predicted molar refractivity (Wildman–Crippen MR) is 225 cm³/mol. The standard InChI is InChI=1S/C45H56N8O8/c1-25(2)36(50-43(56)58-5)41(54)52-17-7-9-33(52)39-46-21-31(47-39)28-12-10-27(11-13-28)29-14-15-30-35(19-29)61-22-32-38(30)49-40(48-32)34-20-45(16-8-18-60-24-45)23-53(34)42(55)37(26(3)4)51-44(57)59-6/h10-15,19,21,25-26,33-34,36-37H,7-9,16-18,20,22-24H2,1-6H3,(H,46,47)(H,48,49)(H,50,56)(H,51,57)/t33-,34-,36-,37-,45-/m0/s1. The molecule has 2 aromatic carbocycles. The smallest absolute Gasteiger partial charge is 0.407 e. The Morgan fingerprint density at radius 2 is 1.51 bits per heavy atom. The molecule has 0 bridgehead atoms. The Hall–Kier alpha value is -5.90. The fourth-order valence-electron chi connectivity index (χ4n) is 9.38. The molecule has 1 spiro atoms. The maximum Gasteiger partial charge on any atom is 0.407 e. The predicted octanol–water partition coefficient (Wildman–Crippen LogP) is 6.52. The highest BCUT2D eigenvalue weighted by molar-refractivity contribution is 5.87. The molecule has 4 amide bonds. The second-order valence-corrected chi connectivity index (χ2v) is 17.5. The van der Waals surface area contributed by atoms with Crippen LogP contribution < -0.4 is 15.4 Å². The van der Waals surface area contributed by atoms with E-state index in [0.29, 0.717) is 51.0 Å². The van der Waals surface area contributed by atoms with Crippen molar-refractivity contribution in [3.05, 3.63) is 66.0 Å². The largest absolute Gasteiger partial charge is 0.487 e. The molecule has 0 saturated carbocycles. The van der Waals surface area contributed by atoms with Crippen LogP contribution in [0.1, 0.15) is 89.2 Å². The summed E-state index contributed by atoms with van der Waals surface area (Å²) in [6.07, 6.45) is 4.71. The van der Waals surface area contributed by atoms with E-state index in [9.17, 15) is 19.2 Å². The van der Waals surface area contributed by atoms with E-state index in [-0.39, 0.29) is 41.1 Å². The molecule has 16 heteroatoms. The Balaban J connectivity index is 0.991. The van der Waals surface area contributed by atoms with Crippen LogP contribution >= 0.6 is 0 Å². The van der Waals surface area contributed by atoms with Crippen LogP contribution in [0.2, 0.25) is 0 Å². The molecular weight excluding hydrogens is 781 g/mol. The number of methoxy groups -OCH3 is 2. The van der Waals surface area contributed by atoms with Gasteiger partial charge in [-0.1, -0.05) is 58.0 Å². The molecule has 5 atom stereocenters. The van der Waals surface area contributed by atoms with Gasteiger partial charge in [0.15, 0.2) is 0 Å². The highest BCUT2D eigenvalue weighted by atomic mass is 16.5. The van der Waals surface area contributed by atoms with Crippen molar-refractivity contribution in [2.24, 2.45) is 17.3 Å². The Labute approximate surface area is 355 Å². The van der Waals surface area contributed by atoms with Crippen molar-refractivity contribution < 1.29 is 38.1 Å². The molecule has 2 aromatic heterocycles.